The van der Waals surface area contributed by atoms with Crippen LogP contribution in [0.5, 0.6) is 5.88 Å². The van der Waals surface area contributed by atoms with Gasteiger partial charge in [-0.25, -0.2) is 9.97 Å². The first-order valence-electron chi connectivity index (χ1n) is 6.59. The highest BCUT2D eigenvalue weighted by atomic mass is 35.5. The van der Waals surface area contributed by atoms with Crippen LogP contribution in [-0.4, -0.2) is 39.3 Å². The number of aromatic nitrogens is 4. The molecule has 0 aliphatic carbocycles. The van der Waals surface area contributed by atoms with Gasteiger partial charge in [0.05, 0.1) is 25.1 Å². The molecule has 6 nitrogen and oxygen atoms in total. The molecule has 0 spiro atoms. The average Bonchev–Trinajstić information content (AvgIpc) is 2.78. The van der Waals surface area contributed by atoms with Gasteiger partial charge in [0, 0.05) is 6.61 Å². The third-order valence-electron chi connectivity index (χ3n) is 2.97. The Morgan fingerprint density at radius 1 is 1.35 bits per heavy atom. The zero-order chi connectivity index (χ0) is 14.7. The zero-order valence-electron chi connectivity index (χ0n) is 12.1. The molecular weight excluding hydrogens is 280 g/mol. The normalized spacial score (nSPS) is 14.4. The van der Waals surface area contributed by atoms with E-state index in [1.807, 2.05) is 25.3 Å². The molecule has 2 aromatic rings. The molecule has 20 heavy (non-hydrogen) atoms. The first-order chi connectivity index (χ1) is 9.58. The Morgan fingerprint density at radius 3 is 2.70 bits per heavy atom. The number of imidazole rings is 1. The number of halogens is 1. The van der Waals surface area contributed by atoms with E-state index in [-0.39, 0.29) is 11.5 Å². The van der Waals surface area contributed by atoms with E-state index < -0.39 is 0 Å². The fourth-order valence-electron chi connectivity index (χ4n) is 2.16. The van der Waals surface area contributed by atoms with Gasteiger partial charge in [-0.3, -0.25) is 0 Å². The molecule has 2 rings (SSSR count). The van der Waals surface area contributed by atoms with Crippen molar-refractivity contribution in [2.24, 2.45) is 0 Å². The quantitative estimate of drug-likeness (QED) is 0.767. The molecular formula is C13H19ClN4O2. The topological polar surface area (TPSA) is 62.1 Å². The van der Waals surface area contributed by atoms with E-state index in [1.54, 1.807) is 7.11 Å². The maximum absolute atomic E-state index is 6.22. The molecule has 0 amide bonds. The first kappa shape index (κ1) is 15.0. The summed E-state index contributed by atoms with van der Waals surface area (Å²) >= 11 is 6.22. The van der Waals surface area contributed by atoms with Gasteiger partial charge in [-0.05, 0) is 20.8 Å². The molecule has 0 radical (unpaired) electrons. The van der Waals surface area contributed by atoms with Crippen molar-refractivity contribution in [2.45, 2.75) is 38.8 Å². The van der Waals surface area contributed by atoms with Gasteiger partial charge >= 0.3 is 0 Å². The van der Waals surface area contributed by atoms with Crippen LogP contribution in [-0.2, 0) is 11.3 Å². The minimum absolute atomic E-state index is 0.0486. The van der Waals surface area contributed by atoms with Crippen molar-refractivity contribution in [1.29, 1.82) is 0 Å². The summed E-state index contributed by atoms with van der Waals surface area (Å²) in [5, 5.41) is -0.234. The van der Waals surface area contributed by atoms with Gasteiger partial charge in [-0.2, -0.15) is 4.98 Å². The van der Waals surface area contributed by atoms with Crippen molar-refractivity contribution in [3.8, 4) is 5.88 Å². The van der Waals surface area contributed by atoms with Crippen molar-refractivity contribution in [2.75, 3.05) is 13.7 Å². The molecule has 2 unspecified atom stereocenters. The van der Waals surface area contributed by atoms with Crippen LogP contribution in [0.2, 0.25) is 0 Å². The Labute approximate surface area is 123 Å². The number of hydrogen-bond donors (Lipinski definition) is 0. The Morgan fingerprint density at radius 2 is 2.10 bits per heavy atom. The monoisotopic (exact) mass is 298 g/mol. The van der Waals surface area contributed by atoms with Gasteiger partial charge in [-0.15, -0.1) is 11.6 Å². The lowest BCUT2D eigenvalue weighted by Crippen LogP contribution is -2.18. The molecule has 2 atom stereocenters. The zero-order valence-corrected chi connectivity index (χ0v) is 12.9. The first-order valence-corrected chi connectivity index (χ1v) is 7.02. The highest BCUT2D eigenvalue weighted by Gasteiger charge is 2.20. The molecule has 0 saturated heterocycles. The lowest BCUT2D eigenvalue weighted by molar-refractivity contribution is 0.0641. The predicted molar refractivity (Wildman–Crippen MR) is 77.2 cm³/mol. The van der Waals surface area contributed by atoms with E-state index in [0.29, 0.717) is 30.2 Å². The fourth-order valence-corrected chi connectivity index (χ4v) is 2.33. The SMILES string of the molecule is CCOC(C)Cn1c(C(C)Cl)nc2c(OC)ncnc21. The molecule has 0 aliphatic rings. The minimum atomic E-state index is -0.234. The van der Waals surface area contributed by atoms with Crippen LogP contribution in [0.1, 0.15) is 32.0 Å². The van der Waals surface area contributed by atoms with Gasteiger partial charge in [0.1, 0.15) is 12.2 Å². The number of fused-ring (bicyclic) bond motifs is 1. The number of ether oxygens (including phenoxy) is 2. The molecule has 2 heterocycles. The molecule has 7 heteroatoms. The van der Waals surface area contributed by atoms with Crippen molar-refractivity contribution in [3.05, 3.63) is 12.2 Å². The summed E-state index contributed by atoms with van der Waals surface area (Å²) in [6.45, 7) is 7.16. The number of alkyl halides is 1. The number of methoxy groups -OCH3 is 1. The van der Waals surface area contributed by atoms with Gasteiger partial charge in [-0.1, -0.05) is 0 Å². The maximum atomic E-state index is 6.22. The van der Waals surface area contributed by atoms with Gasteiger partial charge in [0.25, 0.3) is 0 Å². The number of nitrogens with zero attached hydrogens (tertiary/aromatic N) is 4. The summed E-state index contributed by atoms with van der Waals surface area (Å²) < 4.78 is 12.8. The summed E-state index contributed by atoms with van der Waals surface area (Å²) in [6, 6.07) is 0. The second-order valence-electron chi connectivity index (χ2n) is 4.52. The number of hydrogen-bond acceptors (Lipinski definition) is 5. The van der Waals surface area contributed by atoms with Crippen molar-refractivity contribution in [3.63, 3.8) is 0 Å². The van der Waals surface area contributed by atoms with E-state index in [1.165, 1.54) is 6.33 Å². The highest BCUT2D eigenvalue weighted by Crippen LogP contribution is 2.27. The van der Waals surface area contributed by atoms with Gasteiger partial charge in [0.15, 0.2) is 11.2 Å². The molecule has 110 valence electrons. The van der Waals surface area contributed by atoms with Crippen molar-refractivity contribution in [1.82, 2.24) is 19.5 Å². The second-order valence-corrected chi connectivity index (χ2v) is 5.17. The summed E-state index contributed by atoms with van der Waals surface area (Å²) in [5.41, 5.74) is 1.34. The van der Waals surface area contributed by atoms with E-state index in [4.69, 9.17) is 21.1 Å². The summed E-state index contributed by atoms with van der Waals surface area (Å²) in [6.07, 6.45) is 1.51. The molecule has 0 aliphatic heterocycles. The van der Waals surface area contributed by atoms with Crippen LogP contribution >= 0.6 is 11.6 Å². The molecule has 0 aromatic carbocycles. The standard InChI is InChI=1S/C13H19ClN4O2/c1-5-20-8(2)6-18-11(9(3)14)17-10-12(18)15-7-16-13(10)19-4/h7-9H,5-6H2,1-4H3. The third kappa shape index (κ3) is 2.86. The Bertz CT molecular complexity index is 585. The van der Waals surface area contributed by atoms with E-state index in [0.717, 1.165) is 5.82 Å². The third-order valence-corrected chi connectivity index (χ3v) is 3.16. The lowest BCUT2D eigenvalue weighted by atomic mass is 10.3. The summed E-state index contributed by atoms with van der Waals surface area (Å²) in [5.74, 6) is 1.20. The minimum Gasteiger partial charge on any atom is -0.479 e. The van der Waals surface area contributed by atoms with Crippen LogP contribution in [0.25, 0.3) is 11.2 Å². The molecule has 2 aromatic heterocycles. The maximum Gasteiger partial charge on any atom is 0.245 e. The van der Waals surface area contributed by atoms with E-state index in [2.05, 4.69) is 15.0 Å². The Hall–Kier alpha value is -1.40. The van der Waals surface area contributed by atoms with Crippen LogP contribution in [0.4, 0.5) is 0 Å². The van der Waals surface area contributed by atoms with Crippen LogP contribution < -0.4 is 4.74 Å². The Balaban J connectivity index is 2.52. The van der Waals surface area contributed by atoms with Crippen LogP contribution in [0, 0.1) is 0 Å². The van der Waals surface area contributed by atoms with Crippen LogP contribution in [0.3, 0.4) is 0 Å². The van der Waals surface area contributed by atoms with Crippen molar-refractivity contribution < 1.29 is 9.47 Å². The highest BCUT2D eigenvalue weighted by molar-refractivity contribution is 6.20. The Kier molecular flexibility index (Phi) is 4.77. The average molecular weight is 299 g/mol. The van der Waals surface area contributed by atoms with Crippen LogP contribution in [0.15, 0.2) is 6.33 Å². The second kappa shape index (κ2) is 6.37. The van der Waals surface area contributed by atoms with E-state index >= 15 is 0 Å². The molecule has 0 saturated carbocycles. The smallest absolute Gasteiger partial charge is 0.245 e. The fraction of sp³-hybridized carbons (Fsp3) is 0.615. The molecule has 0 bridgehead atoms. The molecule has 0 N–H and O–H groups in total. The summed E-state index contributed by atoms with van der Waals surface area (Å²) in [7, 11) is 1.56. The summed E-state index contributed by atoms with van der Waals surface area (Å²) in [4.78, 5) is 12.9. The molecule has 0 fully saturated rings. The van der Waals surface area contributed by atoms with Gasteiger partial charge in [0.2, 0.25) is 5.88 Å². The predicted octanol–water partition coefficient (Wildman–Crippen LogP) is 2.56. The largest absolute Gasteiger partial charge is 0.479 e. The van der Waals surface area contributed by atoms with E-state index in [9.17, 15) is 0 Å². The van der Waals surface area contributed by atoms with Gasteiger partial charge < -0.3 is 14.0 Å². The number of rotatable bonds is 6. The lowest BCUT2D eigenvalue weighted by Gasteiger charge is -2.15. The van der Waals surface area contributed by atoms with Crippen molar-refractivity contribution >= 4 is 22.8 Å².